The summed E-state index contributed by atoms with van der Waals surface area (Å²) in [6.07, 6.45) is 3.60. The van der Waals surface area contributed by atoms with Gasteiger partial charge >= 0.3 is 0 Å². The van der Waals surface area contributed by atoms with Crippen molar-refractivity contribution in [3.63, 3.8) is 0 Å². The Labute approximate surface area is 109 Å². The van der Waals surface area contributed by atoms with Gasteiger partial charge in [-0.1, -0.05) is 12.5 Å². The second kappa shape index (κ2) is 4.49. The Morgan fingerprint density at radius 2 is 1.68 bits per heavy atom. The molecule has 3 rings (SSSR count). The van der Waals surface area contributed by atoms with E-state index in [0.29, 0.717) is 12.8 Å². The van der Waals surface area contributed by atoms with Crippen LogP contribution in [-0.2, 0) is 5.60 Å². The SMILES string of the molecule is OC1(c2ccc(F)c(F)c2F)CC2CCCC(C1)N2. The number of benzene rings is 1. The van der Waals surface area contributed by atoms with Gasteiger partial charge in [-0.15, -0.1) is 0 Å². The van der Waals surface area contributed by atoms with Crippen LogP contribution in [0.5, 0.6) is 0 Å². The molecule has 1 aromatic carbocycles. The zero-order valence-electron chi connectivity index (χ0n) is 10.4. The summed E-state index contributed by atoms with van der Waals surface area (Å²) in [5.41, 5.74) is -1.52. The van der Waals surface area contributed by atoms with E-state index in [1.54, 1.807) is 0 Å². The third kappa shape index (κ3) is 2.15. The van der Waals surface area contributed by atoms with Crippen LogP contribution in [0.15, 0.2) is 12.1 Å². The predicted molar refractivity (Wildman–Crippen MR) is 64.0 cm³/mol. The van der Waals surface area contributed by atoms with Gasteiger partial charge < -0.3 is 10.4 Å². The zero-order valence-corrected chi connectivity index (χ0v) is 10.4. The monoisotopic (exact) mass is 271 g/mol. The molecule has 0 spiro atoms. The fourth-order valence-corrected chi connectivity index (χ4v) is 3.44. The van der Waals surface area contributed by atoms with Crippen molar-refractivity contribution in [3.8, 4) is 0 Å². The summed E-state index contributed by atoms with van der Waals surface area (Å²) < 4.78 is 40.2. The number of hydrogen-bond donors (Lipinski definition) is 2. The molecule has 2 heterocycles. The van der Waals surface area contributed by atoms with Crippen molar-refractivity contribution in [2.45, 2.75) is 49.8 Å². The van der Waals surface area contributed by atoms with Crippen LogP contribution in [0.2, 0.25) is 0 Å². The average Bonchev–Trinajstić information content (AvgIpc) is 2.35. The lowest BCUT2D eigenvalue weighted by Gasteiger charge is -2.45. The Morgan fingerprint density at radius 3 is 2.32 bits per heavy atom. The van der Waals surface area contributed by atoms with Crippen molar-refractivity contribution in [1.29, 1.82) is 0 Å². The molecule has 2 atom stereocenters. The number of nitrogens with one attached hydrogen (secondary N) is 1. The lowest BCUT2D eigenvalue weighted by Crippen LogP contribution is -2.54. The fraction of sp³-hybridized carbons (Fsp3) is 0.571. The number of piperidine rings is 2. The molecule has 0 amide bonds. The van der Waals surface area contributed by atoms with Gasteiger partial charge in [-0.05, 0) is 31.7 Å². The molecule has 19 heavy (non-hydrogen) atoms. The van der Waals surface area contributed by atoms with Crippen molar-refractivity contribution in [1.82, 2.24) is 5.32 Å². The average molecular weight is 271 g/mol. The van der Waals surface area contributed by atoms with Crippen LogP contribution in [0.4, 0.5) is 13.2 Å². The highest BCUT2D eigenvalue weighted by molar-refractivity contribution is 5.28. The molecule has 5 heteroatoms. The molecule has 0 aromatic heterocycles. The summed E-state index contributed by atoms with van der Waals surface area (Å²) in [6.45, 7) is 0. The van der Waals surface area contributed by atoms with E-state index in [4.69, 9.17) is 0 Å². The van der Waals surface area contributed by atoms with Crippen molar-refractivity contribution >= 4 is 0 Å². The maximum Gasteiger partial charge on any atom is 0.194 e. The fourth-order valence-electron chi connectivity index (χ4n) is 3.44. The van der Waals surface area contributed by atoms with Crippen LogP contribution in [0.25, 0.3) is 0 Å². The van der Waals surface area contributed by atoms with E-state index in [-0.39, 0.29) is 17.6 Å². The third-order valence-electron chi connectivity index (χ3n) is 4.28. The summed E-state index contributed by atoms with van der Waals surface area (Å²) in [5, 5.41) is 14.0. The summed E-state index contributed by atoms with van der Waals surface area (Å²) in [7, 11) is 0. The van der Waals surface area contributed by atoms with E-state index < -0.39 is 23.1 Å². The second-order valence-electron chi connectivity index (χ2n) is 5.65. The molecule has 0 saturated carbocycles. The molecule has 2 aliphatic heterocycles. The van der Waals surface area contributed by atoms with Crippen LogP contribution >= 0.6 is 0 Å². The van der Waals surface area contributed by atoms with Gasteiger partial charge in [0.1, 0.15) is 0 Å². The van der Waals surface area contributed by atoms with Gasteiger partial charge in [0.2, 0.25) is 0 Å². The third-order valence-corrected chi connectivity index (χ3v) is 4.28. The second-order valence-corrected chi connectivity index (χ2v) is 5.65. The normalized spacial score (nSPS) is 34.3. The summed E-state index contributed by atoms with van der Waals surface area (Å²) in [5.74, 6) is -3.99. The lowest BCUT2D eigenvalue weighted by atomic mass is 9.74. The number of rotatable bonds is 1. The lowest BCUT2D eigenvalue weighted by molar-refractivity contribution is -0.0388. The van der Waals surface area contributed by atoms with E-state index in [9.17, 15) is 18.3 Å². The number of aliphatic hydroxyl groups is 1. The van der Waals surface area contributed by atoms with E-state index in [0.717, 1.165) is 31.4 Å². The molecule has 2 fully saturated rings. The van der Waals surface area contributed by atoms with Gasteiger partial charge in [-0.25, -0.2) is 13.2 Å². The Hall–Kier alpha value is -1.07. The zero-order chi connectivity index (χ0) is 13.6. The first-order valence-corrected chi connectivity index (χ1v) is 6.62. The standard InChI is InChI=1S/C14H16F3NO/c15-11-5-4-10(12(16)13(11)17)14(19)6-8-2-1-3-9(7-14)18-8/h4-5,8-9,18-19H,1-3,6-7H2. The Balaban J connectivity index is 1.98. The first-order valence-electron chi connectivity index (χ1n) is 6.62. The molecular formula is C14H16F3NO. The molecular weight excluding hydrogens is 255 g/mol. The quantitative estimate of drug-likeness (QED) is 0.769. The largest absolute Gasteiger partial charge is 0.385 e. The summed E-state index contributed by atoms with van der Waals surface area (Å²) in [6, 6.07) is 2.27. The minimum Gasteiger partial charge on any atom is -0.385 e. The molecule has 0 radical (unpaired) electrons. The maximum atomic E-state index is 13.9. The number of halogens is 3. The molecule has 2 aliphatic rings. The van der Waals surface area contributed by atoms with Crippen LogP contribution in [0.3, 0.4) is 0 Å². The van der Waals surface area contributed by atoms with Crippen LogP contribution in [-0.4, -0.2) is 17.2 Å². The first-order chi connectivity index (χ1) is 8.99. The minimum atomic E-state index is -1.50. The van der Waals surface area contributed by atoms with E-state index in [1.165, 1.54) is 0 Å². The van der Waals surface area contributed by atoms with Crippen LogP contribution in [0.1, 0.15) is 37.7 Å². The van der Waals surface area contributed by atoms with Crippen LogP contribution in [0, 0.1) is 17.5 Å². The topological polar surface area (TPSA) is 32.3 Å². The van der Waals surface area contributed by atoms with Crippen LogP contribution < -0.4 is 5.32 Å². The highest BCUT2D eigenvalue weighted by Gasteiger charge is 2.43. The van der Waals surface area contributed by atoms with Gasteiger partial charge in [0, 0.05) is 17.6 Å². The number of fused-ring (bicyclic) bond motifs is 2. The highest BCUT2D eigenvalue weighted by atomic mass is 19.2. The smallest absolute Gasteiger partial charge is 0.194 e. The van der Waals surface area contributed by atoms with Gasteiger partial charge in [0.15, 0.2) is 17.5 Å². The Bertz CT molecular complexity index is 494. The van der Waals surface area contributed by atoms with Crippen molar-refractivity contribution < 1.29 is 18.3 Å². The van der Waals surface area contributed by atoms with E-state index >= 15 is 0 Å². The van der Waals surface area contributed by atoms with Gasteiger partial charge in [0.05, 0.1) is 5.60 Å². The molecule has 2 N–H and O–H groups in total. The van der Waals surface area contributed by atoms with Crippen molar-refractivity contribution in [3.05, 3.63) is 35.1 Å². The minimum absolute atomic E-state index is 0.116. The van der Waals surface area contributed by atoms with E-state index in [2.05, 4.69) is 5.32 Å². The molecule has 2 nitrogen and oxygen atoms in total. The molecule has 2 bridgehead atoms. The first kappa shape index (κ1) is 12.9. The Kier molecular flexibility index (Phi) is 3.06. The summed E-state index contributed by atoms with van der Waals surface area (Å²) in [4.78, 5) is 0. The molecule has 0 aliphatic carbocycles. The molecule has 2 saturated heterocycles. The number of hydrogen-bond acceptors (Lipinski definition) is 2. The Morgan fingerprint density at radius 1 is 1.05 bits per heavy atom. The van der Waals surface area contributed by atoms with Gasteiger partial charge in [-0.3, -0.25) is 0 Å². The van der Waals surface area contributed by atoms with Crippen molar-refractivity contribution in [2.24, 2.45) is 0 Å². The van der Waals surface area contributed by atoms with Crippen molar-refractivity contribution in [2.75, 3.05) is 0 Å². The molecule has 2 unspecified atom stereocenters. The van der Waals surface area contributed by atoms with Gasteiger partial charge in [-0.2, -0.15) is 0 Å². The maximum absolute atomic E-state index is 13.9. The predicted octanol–water partition coefficient (Wildman–Crippen LogP) is 2.60. The van der Waals surface area contributed by atoms with E-state index in [1.807, 2.05) is 0 Å². The van der Waals surface area contributed by atoms with Gasteiger partial charge in [0.25, 0.3) is 0 Å². The molecule has 1 aromatic rings. The highest BCUT2D eigenvalue weighted by Crippen LogP contribution is 2.41. The molecule has 104 valence electrons. The summed E-state index contributed by atoms with van der Waals surface area (Å²) >= 11 is 0.